The summed E-state index contributed by atoms with van der Waals surface area (Å²) in [6, 6.07) is 8.77. The third-order valence-electron chi connectivity index (χ3n) is 4.42. The number of rotatable bonds is 8. The number of nitro groups is 1. The first-order chi connectivity index (χ1) is 13.0. The van der Waals surface area contributed by atoms with Crippen molar-refractivity contribution in [1.29, 1.82) is 0 Å². The average molecular weight is 373 g/mol. The van der Waals surface area contributed by atoms with Crippen LogP contribution in [-0.2, 0) is 6.54 Å². The molecule has 0 radical (unpaired) electrons. The van der Waals surface area contributed by atoms with E-state index in [1.54, 1.807) is 6.07 Å². The Hall–Kier alpha value is -3.16. The first-order valence-corrected chi connectivity index (χ1v) is 8.61. The van der Waals surface area contributed by atoms with Crippen molar-refractivity contribution in [2.75, 3.05) is 19.0 Å². The van der Waals surface area contributed by atoms with E-state index in [9.17, 15) is 19.3 Å². The van der Waals surface area contributed by atoms with Crippen LogP contribution >= 0.6 is 0 Å². The molecule has 8 heteroatoms. The largest absolute Gasteiger partial charge is 0.494 e. The summed E-state index contributed by atoms with van der Waals surface area (Å²) in [6.07, 6.45) is 2.16. The Bertz CT molecular complexity index is 868. The Kier molecular flexibility index (Phi) is 5.54. The molecule has 2 aromatic rings. The Balaban J connectivity index is 1.75. The van der Waals surface area contributed by atoms with Crippen molar-refractivity contribution in [2.45, 2.75) is 19.4 Å². The highest BCUT2D eigenvalue weighted by molar-refractivity contribution is 6.01. The van der Waals surface area contributed by atoms with Crippen molar-refractivity contribution in [2.24, 2.45) is 5.92 Å². The number of methoxy groups -OCH3 is 1. The van der Waals surface area contributed by atoms with Crippen LogP contribution in [0.15, 0.2) is 36.4 Å². The zero-order valence-corrected chi connectivity index (χ0v) is 14.8. The smallest absolute Gasteiger partial charge is 0.293 e. The number of amides is 1. The van der Waals surface area contributed by atoms with Gasteiger partial charge in [-0.25, -0.2) is 4.39 Å². The number of nitrogens with zero attached hydrogens (tertiary/aromatic N) is 1. The van der Waals surface area contributed by atoms with E-state index >= 15 is 0 Å². The predicted octanol–water partition coefficient (Wildman–Crippen LogP) is 3.49. The molecule has 0 aliphatic heterocycles. The van der Waals surface area contributed by atoms with Crippen molar-refractivity contribution >= 4 is 17.3 Å². The molecule has 0 bridgehead atoms. The molecule has 7 nitrogen and oxygen atoms in total. The molecular weight excluding hydrogens is 353 g/mol. The lowest BCUT2D eigenvalue weighted by atomic mass is 10.1. The molecule has 1 aliphatic carbocycles. The minimum Gasteiger partial charge on any atom is -0.494 e. The highest BCUT2D eigenvalue weighted by Crippen LogP contribution is 2.33. The molecule has 27 heavy (non-hydrogen) atoms. The molecule has 142 valence electrons. The maximum Gasteiger partial charge on any atom is 0.293 e. The van der Waals surface area contributed by atoms with Crippen LogP contribution in [0.2, 0.25) is 0 Å². The molecule has 1 amide bonds. The lowest BCUT2D eigenvalue weighted by molar-refractivity contribution is -0.384. The van der Waals surface area contributed by atoms with Gasteiger partial charge in [-0.1, -0.05) is 12.1 Å². The van der Waals surface area contributed by atoms with Crippen molar-refractivity contribution in [3.63, 3.8) is 0 Å². The van der Waals surface area contributed by atoms with Crippen LogP contribution in [0.1, 0.15) is 28.8 Å². The van der Waals surface area contributed by atoms with Gasteiger partial charge in [0.15, 0.2) is 11.6 Å². The Labute approximate surface area is 155 Å². The zero-order chi connectivity index (χ0) is 19.4. The molecule has 0 aromatic heterocycles. The number of nitrogens with one attached hydrogen (secondary N) is 2. The Morgan fingerprint density at radius 3 is 2.74 bits per heavy atom. The van der Waals surface area contributed by atoms with Gasteiger partial charge in [-0.2, -0.15) is 0 Å². The summed E-state index contributed by atoms with van der Waals surface area (Å²) in [7, 11) is 1.37. The van der Waals surface area contributed by atoms with Crippen molar-refractivity contribution < 1.29 is 18.8 Å². The SMILES string of the molecule is COc1ccc(CNC(=O)c2cccc([N+](=O)[O-])c2NCC2CC2)cc1F. The molecule has 0 spiro atoms. The standard InChI is InChI=1S/C19H20FN3O4/c1-27-17-8-7-13(9-15(17)20)11-22-19(24)14-3-2-4-16(23(25)26)18(14)21-10-12-5-6-12/h2-4,7-9,12,21H,5-6,10-11H2,1H3,(H,22,24). The van der Waals surface area contributed by atoms with Gasteiger partial charge in [-0.05, 0) is 42.5 Å². The average Bonchev–Trinajstić information content (AvgIpc) is 3.48. The van der Waals surface area contributed by atoms with Crippen LogP contribution in [0.3, 0.4) is 0 Å². The van der Waals surface area contributed by atoms with Gasteiger partial charge in [0.1, 0.15) is 5.69 Å². The van der Waals surface area contributed by atoms with Gasteiger partial charge in [0.05, 0.1) is 17.6 Å². The number of ether oxygens (including phenoxy) is 1. The highest BCUT2D eigenvalue weighted by atomic mass is 19.1. The third-order valence-corrected chi connectivity index (χ3v) is 4.42. The van der Waals surface area contributed by atoms with E-state index in [1.165, 1.54) is 37.4 Å². The van der Waals surface area contributed by atoms with E-state index in [0.717, 1.165) is 12.8 Å². The number of anilines is 1. The topological polar surface area (TPSA) is 93.5 Å². The molecule has 0 atom stereocenters. The van der Waals surface area contributed by atoms with Gasteiger partial charge in [0.2, 0.25) is 0 Å². The number of para-hydroxylation sites is 1. The van der Waals surface area contributed by atoms with Crippen LogP contribution in [-0.4, -0.2) is 24.5 Å². The number of carbonyl (C=O) groups is 1. The molecule has 1 saturated carbocycles. The number of carbonyl (C=O) groups excluding carboxylic acids is 1. The summed E-state index contributed by atoms with van der Waals surface area (Å²) in [4.78, 5) is 23.4. The van der Waals surface area contributed by atoms with Crippen molar-refractivity contribution in [3.8, 4) is 5.75 Å². The van der Waals surface area contributed by atoms with E-state index < -0.39 is 16.6 Å². The summed E-state index contributed by atoms with van der Waals surface area (Å²) < 4.78 is 18.6. The number of nitro benzene ring substituents is 1. The van der Waals surface area contributed by atoms with Gasteiger partial charge >= 0.3 is 0 Å². The maximum absolute atomic E-state index is 13.8. The lowest BCUT2D eigenvalue weighted by Crippen LogP contribution is -2.24. The second-order valence-electron chi connectivity index (χ2n) is 6.43. The van der Waals surface area contributed by atoms with Gasteiger partial charge < -0.3 is 15.4 Å². The summed E-state index contributed by atoms with van der Waals surface area (Å²) in [5.41, 5.74) is 0.824. The minimum absolute atomic E-state index is 0.0878. The minimum atomic E-state index is -0.522. The molecular formula is C19H20FN3O4. The second-order valence-corrected chi connectivity index (χ2v) is 6.43. The Morgan fingerprint density at radius 2 is 2.11 bits per heavy atom. The predicted molar refractivity (Wildman–Crippen MR) is 98.4 cm³/mol. The van der Waals surface area contributed by atoms with Crippen LogP contribution < -0.4 is 15.4 Å². The molecule has 0 saturated heterocycles. The third kappa shape index (κ3) is 4.52. The van der Waals surface area contributed by atoms with Gasteiger partial charge in [0.25, 0.3) is 11.6 Å². The molecule has 2 N–H and O–H groups in total. The fourth-order valence-corrected chi connectivity index (χ4v) is 2.73. The van der Waals surface area contributed by atoms with Crippen LogP contribution in [0.5, 0.6) is 5.75 Å². The summed E-state index contributed by atoms with van der Waals surface area (Å²) in [5, 5.41) is 17.0. The fraction of sp³-hybridized carbons (Fsp3) is 0.316. The van der Waals surface area contributed by atoms with Crippen LogP contribution in [0.4, 0.5) is 15.8 Å². The monoisotopic (exact) mass is 373 g/mol. The summed E-state index contributed by atoms with van der Waals surface area (Å²) >= 11 is 0. The summed E-state index contributed by atoms with van der Waals surface area (Å²) in [5.74, 6) is -0.377. The molecule has 0 heterocycles. The van der Waals surface area contributed by atoms with E-state index in [-0.39, 0.29) is 29.2 Å². The molecule has 3 rings (SSSR count). The number of halogens is 1. The maximum atomic E-state index is 13.8. The normalized spacial score (nSPS) is 13.1. The summed E-state index contributed by atoms with van der Waals surface area (Å²) in [6.45, 7) is 0.680. The molecule has 1 fully saturated rings. The van der Waals surface area contributed by atoms with Crippen molar-refractivity contribution in [3.05, 3.63) is 63.5 Å². The quantitative estimate of drug-likeness (QED) is 0.546. The zero-order valence-electron chi connectivity index (χ0n) is 14.8. The first-order valence-electron chi connectivity index (χ1n) is 8.61. The van der Waals surface area contributed by atoms with E-state index in [0.29, 0.717) is 18.0 Å². The first kappa shape index (κ1) is 18.6. The van der Waals surface area contributed by atoms with Gasteiger partial charge in [-0.3, -0.25) is 14.9 Å². The molecule has 1 aliphatic rings. The lowest BCUT2D eigenvalue weighted by Gasteiger charge is -2.13. The van der Waals surface area contributed by atoms with E-state index in [4.69, 9.17) is 4.74 Å². The van der Waals surface area contributed by atoms with Gasteiger partial charge in [-0.15, -0.1) is 0 Å². The van der Waals surface area contributed by atoms with Crippen LogP contribution in [0, 0.1) is 21.8 Å². The van der Waals surface area contributed by atoms with E-state index in [2.05, 4.69) is 10.6 Å². The number of hydrogen-bond acceptors (Lipinski definition) is 5. The number of benzene rings is 2. The van der Waals surface area contributed by atoms with Crippen LogP contribution in [0.25, 0.3) is 0 Å². The van der Waals surface area contributed by atoms with Crippen molar-refractivity contribution in [1.82, 2.24) is 5.32 Å². The molecule has 2 aromatic carbocycles. The Morgan fingerprint density at radius 1 is 1.33 bits per heavy atom. The van der Waals surface area contributed by atoms with Gasteiger partial charge in [0, 0.05) is 19.2 Å². The fourth-order valence-electron chi connectivity index (χ4n) is 2.73. The van der Waals surface area contributed by atoms with E-state index in [1.807, 2.05) is 0 Å². The number of hydrogen-bond donors (Lipinski definition) is 2. The molecule has 0 unspecified atom stereocenters. The second kappa shape index (κ2) is 8.03. The highest BCUT2D eigenvalue weighted by Gasteiger charge is 2.25.